The number of rotatable bonds is 3. The molecule has 4 heteroatoms. The normalized spacial score (nSPS) is 16.8. The highest BCUT2D eigenvalue weighted by atomic mass is 35.5. The zero-order valence-corrected chi connectivity index (χ0v) is 11.9. The molecule has 0 bridgehead atoms. The Morgan fingerprint density at radius 2 is 1.79 bits per heavy atom. The van der Waals surface area contributed by atoms with Gasteiger partial charge < -0.3 is 10.2 Å². The molecule has 1 aliphatic heterocycles. The van der Waals surface area contributed by atoms with Gasteiger partial charge in [0.05, 0.1) is 5.03 Å². The third-order valence-corrected chi connectivity index (χ3v) is 3.76. The number of nitrogens with zero attached hydrogens (tertiary/aromatic N) is 1. The van der Waals surface area contributed by atoms with Gasteiger partial charge in [0.25, 0.3) is 5.91 Å². The fourth-order valence-corrected chi connectivity index (χ4v) is 2.60. The lowest BCUT2D eigenvalue weighted by atomic mass is 10.1. The number of piperidine rings is 1. The highest BCUT2D eigenvalue weighted by molar-refractivity contribution is 6.51. The molecule has 19 heavy (non-hydrogen) atoms. The summed E-state index contributed by atoms with van der Waals surface area (Å²) in [6, 6.07) is 9.57. The van der Waals surface area contributed by atoms with Crippen LogP contribution in [0.15, 0.2) is 36.0 Å². The number of amides is 1. The SMILES string of the molecule is CN/C(C(=O)N1CCCCC1)=C(/Cl)c1ccccc1. The smallest absolute Gasteiger partial charge is 0.271 e. The van der Waals surface area contributed by atoms with Crippen LogP contribution >= 0.6 is 11.6 Å². The van der Waals surface area contributed by atoms with E-state index in [-0.39, 0.29) is 5.91 Å². The number of carbonyl (C=O) groups is 1. The van der Waals surface area contributed by atoms with Crippen molar-refractivity contribution in [2.45, 2.75) is 19.3 Å². The first-order chi connectivity index (χ1) is 9.24. The average molecular weight is 279 g/mol. The second-order valence-electron chi connectivity index (χ2n) is 4.66. The Kier molecular flexibility index (Phi) is 4.86. The van der Waals surface area contributed by atoms with Crippen molar-refractivity contribution in [3.05, 3.63) is 41.6 Å². The van der Waals surface area contributed by atoms with Gasteiger partial charge in [0, 0.05) is 20.1 Å². The molecule has 3 nitrogen and oxygen atoms in total. The molecule has 1 heterocycles. The summed E-state index contributed by atoms with van der Waals surface area (Å²) in [6.07, 6.45) is 3.35. The Morgan fingerprint density at radius 1 is 1.16 bits per heavy atom. The van der Waals surface area contributed by atoms with E-state index in [1.807, 2.05) is 35.2 Å². The molecule has 0 aromatic heterocycles. The molecule has 0 atom stereocenters. The summed E-state index contributed by atoms with van der Waals surface area (Å²) in [4.78, 5) is 14.3. The molecule has 102 valence electrons. The summed E-state index contributed by atoms with van der Waals surface area (Å²) < 4.78 is 0. The molecular weight excluding hydrogens is 260 g/mol. The van der Waals surface area contributed by atoms with Crippen molar-refractivity contribution >= 4 is 22.5 Å². The first-order valence-electron chi connectivity index (χ1n) is 6.66. The van der Waals surface area contributed by atoms with Gasteiger partial charge in [-0.2, -0.15) is 0 Å². The number of hydrogen-bond donors (Lipinski definition) is 1. The van der Waals surface area contributed by atoms with Gasteiger partial charge in [0.2, 0.25) is 0 Å². The van der Waals surface area contributed by atoms with Crippen molar-refractivity contribution in [3.8, 4) is 0 Å². The van der Waals surface area contributed by atoms with Crippen molar-refractivity contribution < 1.29 is 4.79 Å². The van der Waals surface area contributed by atoms with E-state index in [0.29, 0.717) is 10.7 Å². The molecule has 0 radical (unpaired) electrons. The Hall–Kier alpha value is -1.48. The molecule has 1 fully saturated rings. The largest absolute Gasteiger partial charge is 0.382 e. The summed E-state index contributed by atoms with van der Waals surface area (Å²) in [5.74, 6) is -0.00365. The van der Waals surface area contributed by atoms with Gasteiger partial charge in [0.15, 0.2) is 0 Å². The average Bonchev–Trinajstić information content (AvgIpc) is 2.49. The second-order valence-corrected chi connectivity index (χ2v) is 5.04. The topological polar surface area (TPSA) is 32.3 Å². The van der Waals surface area contributed by atoms with E-state index in [2.05, 4.69) is 5.32 Å². The highest BCUT2D eigenvalue weighted by Gasteiger charge is 2.22. The number of carbonyl (C=O) groups excluding carboxylic acids is 1. The molecule has 1 saturated heterocycles. The van der Waals surface area contributed by atoms with Crippen LogP contribution < -0.4 is 5.32 Å². The fraction of sp³-hybridized carbons (Fsp3) is 0.400. The molecule has 1 aliphatic rings. The molecule has 1 aromatic rings. The van der Waals surface area contributed by atoms with Crippen LogP contribution in [-0.2, 0) is 4.79 Å². The third-order valence-electron chi connectivity index (χ3n) is 3.35. The number of likely N-dealkylation sites (tertiary alicyclic amines) is 1. The number of halogens is 1. The fourth-order valence-electron chi connectivity index (χ4n) is 2.29. The van der Waals surface area contributed by atoms with Crippen LogP contribution in [-0.4, -0.2) is 30.9 Å². The second kappa shape index (κ2) is 6.62. The number of hydrogen-bond acceptors (Lipinski definition) is 2. The molecule has 2 rings (SSSR count). The van der Waals surface area contributed by atoms with Crippen molar-refractivity contribution in [3.63, 3.8) is 0 Å². The van der Waals surface area contributed by atoms with Gasteiger partial charge >= 0.3 is 0 Å². The Labute approximate surface area is 119 Å². The summed E-state index contributed by atoms with van der Waals surface area (Å²) in [6.45, 7) is 1.64. The minimum absolute atomic E-state index is 0.00365. The van der Waals surface area contributed by atoms with Crippen LogP contribution in [0.4, 0.5) is 0 Å². The number of nitrogens with one attached hydrogen (secondary N) is 1. The monoisotopic (exact) mass is 278 g/mol. The summed E-state index contributed by atoms with van der Waals surface area (Å²) in [7, 11) is 1.74. The number of likely N-dealkylation sites (N-methyl/N-ethyl adjacent to an activating group) is 1. The Morgan fingerprint density at radius 3 is 2.37 bits per heavy atom. The van der Waals surface area contributed by atoms with Crippen LogP contribution in [0.25, 0.3) is 5.03 Å². The van der Waals surface area contributed by atoms with Crippen LogP contribution in [0.1, 0.15) is 24.8 Å². The van der Waals surface area contributed by atoms with Crippen molar-refractivity contribution in [2.75, 3.05) is 20.1 Å². The van der Waals surface area contributed by atoms with E-state index < -0.39 is 0 Å². The van der Waals surface area contributed by atoms with Crippen LogP contribution in [0.2, 0.25) is 0 Å². The van der Waals surface area contributed by atoms with E-state index in [0.717, 1.165) is 31.5 Å². The maximum atomic E-state index is 12.5. The molecule has 1 amide bonds. The third kappa shape index (κ3) is 3.29. The van der Waals surface area contributed by atoms with E-state index in [1.165, 1.54) is 6.42 Å². The van der Waals surface area contributed by atoms with Gasteiger partial charge in [-0.3, -0.25) is 4.79 Å². The van der Waals surface area contributed by atoms with Gasteiger partial charge in [-0.25, -0.2) is 0 Å². The molecule has 0 spiro atoms. The molecule has 0 saturated carbocycles. The summed E-state index contributed by atoms with van der Waals surface area (Å²) in [5.41, 5.74) is 1.34. The zero-order chi connectivity index (χ0) is 13.7. The van der Waals surface area contributed by atoms with Crippen LogP contribution in [0.5, 0.6) is 0 Å². The van der Waals surface area contributed by atoms with Gasteiger partial charge in [0.1, 0.15) is 5.70 Å². The van der Waals surface area contributed by atoms with E-state index in [1.54, 1.807) is 7.05 Å². The maximum Gasteiger partial charge on any atom is 0.271 e. The molecule has 1 N–H and O–H groups in total. The molecular formula is C15H19ClN2O. The lowest BCUT2D eigenvalue weighted by Crippen LogP contribution is -2.39. The van der Waals surface area contributed by atoms with Gasteiger partial charge in [-0.05, 0) is 24.8 Å². The molecule has 1 aromatic carbocycles. The molecule has 0 aliphatic carbocycles. The van der Waals surface area contributed by atoms with Gasteiger partial charge in [-0.15, -0.1) is 0 Å². The zero-order valence-electron chi connectivity index (χ0n) is 11.2. The van der Waals surface area contributed by atoms with E-state index in [9.17, 15) is 4.79 Å². The minimum Gasteiger partial charge on any atom is -0.382 e. The number of benzene rings is 1. The molecule has 0 unspecified atom stereocenters. The lowest BCUT2D eigenvalue weighted by molar-refractivity contribution is -0.128. The van der Waals surface area contributed by atoms with Crippen molar-refractivity contribution in [2.24, 2.45) is 0 Å². The van der Waals surface area contributed by atoms with Crippen LogP contribution in [0, 0.1) is 0 Å². The van der Waals surface area contributed by atoms with Crippen molar-refractivity contribution in [1.82, 2.24) is 10.2 Å². The lowest BCUT2D eigenvalue weighted by Gasteiger charge is -2.28. The standard InChI is InChI=1S/C15H19ClN2O/c1-17-14(13(16)12-8-4-2-5-9-12)15(19)18-10-6-3-7-11-18/h2,4-5,8-9,17H,3,6-7,10-11H2,1H3/b14-13+. The maximum absolute atomic E-state index is 12.5. The van der Waals surface area contributed by atoms with Gasteiger partial charge in [-0.1, -0.05) is 41.9 Å². The Bertz CT molecular complexity index is 464. The van der Waals surface area contributed by atoms with Crippen molar-refractivity contribution in [1.29, 1.82) is 0 Å². The highest BCUT2D eigenvalue weighted by Crippen LogP contribution is 2.23. The Balaban J connectivity index is 2.25. The van der Waals surface area contributed by atoms with Crippen LogP contribution in [0.3, 0.4) is 0 Å². The quantitative estimate of drug-likeness (QED) is 0.863. The van der Waals surface area contributed by atoms with E-state index >= 15 is 0 Å². The summed E-state index contributed by atoms with van der Waals surface area (Å²) in [5, 5.41) is 3.44. The summed E-state index contributed by atoms with van der Waals surface area (Å²) >= 11 is 6.36. The first-order valence-corrected chi connectivity index (χ1v) is 7.04. The van der Waals surface area contributed by atoms with E-state index in [4.69, 9.17) is 11.6 Å². The minimum atomic E-state index is -0.00365. The predicted molar refractivity (Wildman–Crippen MR) is 78.7 cm³/mol. The first kappa shape index (κ1) is 13.9. The predicted octanol–water partition coefficient (Wildman–Crippen LogP) is 2.83.